The zero-order chi connectivity index (χ0) is 20.5. The van der Waals surface area contributed by atoms with Crippen LogP contribution in [0.1, 0.15) is 22.7 Å². The molecule has 0 saturated carbocycles. The van der Waals surface area contributed by atoms with Crippen molar-refractivity contribution < 1.29 is 14.1 Å². The molecule has 0 aliphatic carbocycles. The Morgan fingerprint density at radius 1 is 1.23 bits per heavy atom. The van der Waals surface area contributed by atoms with Gasteiger partial charge in [0.05, 0.1) is 12.6 Å². The Labute approximate surface area is 172 Å². The number of aromatic nitrogens is 4. The predicted molar refractivity (Wildman–Crippen MR) is 110 cm³/mol. The lowest BCUT2D eigenvalue weighted by Crippen LogP contribution is -2.29. The highest BCUT2D eigenvalue weighted by atomic mass is 16.5. The zero-order valence-corrected chi connectivity index (χ0v) is 16.5. The number of benzene rings is 2. The van der Waals surface area contributed by atoms with Crippen LogP contribution in [-0.2, 0) is 6.42 Å². The van der Waals surface area contributed by atoms with Crippen LogP contribution in [0.3, 0.4) is 0 Å². The first-order chi connectivity index (χ1) is 14.7. The highest BCUT2D eigenvalue weighted by molar-refractivity contribution is 6.04. The van der Waals surface area contributed by atoms with E-state index in [-0.39, 0.29) is 5.91 Å². The second-order valence-corrected chi connectivity index (χ2v) is 7.47. The number of hydrogen-bond acceptors (Lipinski definition) is 6. The molecule has 1 fully saturated rings. The Hall–Kier alpha value is -3.68. The van der Waals surface area contributed by atoms with Crippen molar-refractivity contribution in [3.8, 4) is 17.2 Å². The van der Waals surface area contributed by atoms with Gasteiger partial charge in [0.15, 0.2) is 11.5 Å². The summed E-state index contributed by atoms with van der Waals surface area (Å²) in [5.41, 5.74) is 2.20. The molecule has 1 unspecified atom stereocenters. The number of H-pyrrole nitrogens is 1. The van der Waals surface area contributed by atoms with Crippen LogP contribution in [-0.4, -0.2) is 51.3 Å². The molecule has 8 heteroatoms. The molecule has 3 heterocycles. The third-order valence-electron chi connectivity index (χ3n) is 5.52. The topological polar surface area (TPSA) is 97.1 Å². The van der Waals surface area contributed by atoms with Gasteiger partial charge in [0.1, 0.15) is 5.75 Å². The molecule has 1 saturated heterocycles. The first-order valence-electron chi connectivity index (χ1n) is 9.90. The first-order valence-corrected chi connectivity index (χ1v) is 9.90. The van der Waals surface area contributed by atoms with Gasteiger partial charge in [0, 0.05) is 30.5 Å². The molecule has 0 bridgehead atoms. The average Bonchev–Trinajstić information content (AvgIpc) is 3.53. The number of carbonyl (C=O) groups is 1. The van der Waals surface area contributed by atoms with E-state index in [1.165, 1.54) is 0 Å². The van der Waals surface area contributed by atoms with Gasteiger partial charge >= 0.3 is 0 Å². The number of methoxy groups -OCH3 is 1. The van der Waals surface area contributed by atoms with Crippen LogP contribution >= 0.6 is 0 Å². The monoisotopic (exact) mass is 403 g/mol. The van der Waals surface area contributed by atoms with E-state index in [4.69, 9.17) is 9.26 Å². The van der Waals surface area contributed by atoms with Crippen LogP contribution < -0.4 is 4.74 Å². The van der Waals surface area contributed by atoms with Gasteiger partial charge in [-0.05, 0) is 42.7 Å². The summed E-state index contributed by atoms with van der Waals surface area (Å²) in [4.78, 5) is 19.3. The van der Waals surface area contributed by atoms with E-state index in [9.17, 15) is 4.79 Å². The Morgan fingerprint density at radius 2 is 2.07 bits per heavy atom. The largest absolute Gasteiger partial charge is 0.497 e. The van der Waals surface area contributed by atoms with E-state index in [1.807, 2.05) is 53.4 Å². The van der Waals surface area contributed by atoms with E-state index < -0.39 is 0 Å². The molecule has 152 valence electrons. The van der Waals surface area contributed by atoms with Crippen LogP contribution in [0.5, 0.6) is 5.75 Å². The SMILES string of the molecule is COc1ccc(-c2nc(CC3CCN(C(=O)c4n[nH]c5ccccc45)C3)no2)cc1. The second kappa shape index (κ2) is 7.62. The molecule has 4 aromatic rings. The normalized spacial score (nSPS) is 16.3. The zero-order valence-electron chi connectivity index (χ0n) is 16.5. The second-order valence-electron chi connectivity index (χ2n) is 7.47. The van der Waals surface area contributed by atoms with Gasteiger partial charge in [-0.2, -0.15) is 10.1 Å². The maximum absolute atomic E-state index is 12.9. The lowest BCUT2D eigenvalue weighted by molar-refractivity contribution is 0.0783. The van der Waals surface area contributed by atoms with Crippen molar-refractivity contribution >= 4 is 16.8 Å². The predicted octanol–water partition coefficient (Wildman–Crippen LogP) is 3.33. The molecule has 2 aromatic heterocycles. The van der Waals surface area contributed by atoms with Gasteiger partial charge < -0.3 is 14.2 Å². The van der Waals surface area contributed by atoms with E-state index in [0.29, 0.717) is 42.8 Å². The summed E-state index contributed by atoms with van der Waals surface area (Å²) < 4.78 is 10.6. The molecule has 1 N–H and O–H groups in total. The molecular weight excluding hydrogens is 382 g/mol. The number of carbonyl (C=O) groups excluding carboxylic acids is 1. The number of nitrogens with one attached hydrogen (secondary N) is 1. The molecule has 2 aromatic carbocycles. The molecule has 8 nitrogen and oxygen atoms in total. The van der Waals surface area contributed by atoms with Crippen LogP contribution in [0.2, 0.25) is 0 Å². The number of fused-ring (bicyclic) bond motifs is 1. The van der Waals surface area contributed by atoms with Crippen LogP contribution in [0.15, 0.2) is 53.1 Å². The number of likely N-dealkylation sites (tertiary alicyclic amines) is 1. The summed E-state index contributed by atoms with van der Waals surface area (Å²) in [5, 5.41) is 12.1. The number of ether oxygens (including phenoxy) is 1. The molecule has 1 amide bonds. The summed E-state index contributed by atoms with van der Waals surface area (Å²) in [6.45, 7) is 1.36. The van der Waals surface area contributed by atoms with Crippen LogP contribution in [0.4, 0.5) is 0 Å². The minimum Gasteiger partial charge on any atom is -0.497 e. The Kier molecular flexibility index (Phi) is 4.66. The standard InChI is InChI=1S/C22H21N5O3/c1-29-16-8-6-15(7-9-16)21-23-19(26-30-21)12-14-10-11-27(13-14)22(28)20-17-4-2-3-5-18(17)24-25-20/h2-9,14H,10-13H2,1H3,(H,24,25). The van der Waals surface area contributed by atoms with Crippen molar-refractivity contribution in [1.82, 2.24) is 25.2 Å². The fourth-order valence-corrected chi connectivity index (χ4v) is 3.91. The van der Waals surface area contributed by atoms with Crippen LogP contribution in [0, 0.1) is 5.92 Å². The van der Waals surface area contributed by atoms with Crippen molar-refractivity contribution in [1.29, 1.82) is 0 Å². The lowest BCUT2D eigenvalue weighted by atomic mass is 10.0. The number of rotatable bonds is 5. The molecule has 0 spiro atoms. The molecule has 0 radical (unpaired) electrons. The summed E-state index contributed by atoms with van der Waals surface area (Å²) in [6, 6.07) is 15.2. The minimum atomic E-state index is -0.0398. The molecule has 1 aliphatic heterocycles. The van der Waals surface area contributed by atoms with Gasteiger partial charge in [-0.3, -0.25) is 9.89 Å². The first kappa shape index (κ1) is 18.4. The third-order valence-corrected chi connectivity index (χ3v) is 5.52. The van der Waals surface area contributed by atoms with Crippen molar-refractivity contribution in [3.63, 3.8) is 0 Å². The number of hydrogen-bond donors (Lipinski definition) is 1. The fraction of sp³-hybridized carbons (Fsp3) is 0.273. The van der Waals surface area contributed by atoms with Gasteiger partial charge in [0.25, 0.3) is 11.8 Å². The Bertz CT molecular complexity index is 1180. The van der Waals surface area contributed by atoms with Crippen molar-refractivity contribution in [2.45, 2.75) is 12.8 Å². The lowest BCUT2D eigenvalue weighted by Gasteiger charge is -2.14. The van der Waals surface area contributed by atoms with E-state index in [2.05, 4.69) is 20.3 Å². The molecular formula is C22H21N5O3. The van der Waals surface area contributed by atoms with Crippen molar-refractivity contribution in [2.75, 3.05) is 20.2 Å². The van der Waals surface area contributed by atoms with Crippen molar-refractivity contribution in [3.05, 3.63) is 60.0 Å². The summed E-state index contributed by atoms with van der Waals surface area (Å²) in [7, 11) is 1.63. The van der Waals surface area contributed by atoms with E-state index >= 15 is 0 Å². The quantitative estimate of drug-likeness (QED) is 0.549. The number of para-hydroxylation sites is 1. The Morgan fingerprint density at radius 3 is 2.90 bits per heavy atom. The molecule has 5 rings (SSSR count). The smallest absolute Gasteiger partial charge is 0.275 e. The van der Waals surface area contributed by atoms with Crippen LogP contribution in [0.25, 0.3) is 22.4 Å². The van der Waals surface area contributed by atoms with E-state index in [1.54, 1.807) is 7.11 Å². The molecule has 30 heavy (non-hydrogen) atoms. The third kappa shape index (κ3) is 3.41. The summed E-state index contributed by atoms with van der Waals surface area (Å²) in [6.07, 6.45) is 1.57. The maximum Gasteiger partial charge on any atom is 0.275 e. The highest BCUT2D eigenvalue weighted by Gasteiger charge is 2.30. The molecule has 1 aliphatic rings. The minimum absolute atomic E-state index is 0.0398. The van der Waals surface area contributed by atoms with Crippen molar-refractivity contribution in [2.24, 2.45) is 5.92 Å². The molecule has 1 atom stereocenters. The summed E-state index contributed by atoms with van der Waals surface area (Å²) >= 11 is 0. The highest BCUT2D eigenvalue weighted by Crippen LogP contribution is 2.25. The average molecular weight is 403 g/mol. The van der Waals surface area contributed by atoms with Gasteiger partial charge in [-0.1, -0.05) is 23.4 Å². The maximum atomic E-state index is 12.9. The van der Waals surface area contributed by atoms with Gasteiger partial charge in [-0.15, -0.1) is 0 Å². The number of aromatic amines is 1. The summed E-state index contributed by atoms with van der Waals surface area (Å²) in [5.74, 6) is 2.17. The fourth-order valence-electron chi connectivity index (χ4n) is 3.91. The van der Waals surface area contributed by atoms with E-state index in [0.717, 1.165) is 28.6 Å². The number of nitrogens with zero attached hydrogens (tertiary/aromatic N) is 4. The van der Waals surface area contributed by atoms with Gasteiger partial charge in [-0.25, -0.2) is 0 Å². The Balaban J connectivity index is 1.24. The number of amides is 1. The van der Waals surface area contributed by atoms with Gasteiger partial charge in [0.2, 0.25) is 0 Å².